The molecule has 11 heteroatoms. The van der Waals surface area contributed by atoms with Crippen LogP contribution < -0.4 is 0 Å². The number of aromatic nitrogens is 9. The van der Waals surface area contributed by atoms with Crippen LogP contribution in [0.15, 0.2) is 282 Å². The van der Waals surface area contributed by atoms with Crippen LogP contribution in [-0.4, -0.2) is 44.0 Å². The van der Waals surface area contributed by atoms with E-state index in [0.717, 1.165) is 132 Å². The summed E-state index contributed by atoms with van der Waals surface area (Å²) in [7, 11) is 0. The zero-order valence-corrected chi connectivity index (χ0v) is 46.8. The quantitative estimate of drug-likeness (QED) is 0.139. The highest BCUT2D eigenvalue weighted by Gasteiger charge is 2.26. The highest BCUT2D eigenvalue weighted by molar-refractivity contribution is 6.29. The standard InChI is InChI=1S/C77H45N9O2/c1-5-18-46(19-6-1)50-32-36-61-58(42-50)70-63(85(61)69-31-17-28-60(78-69)76-81-72(48-22-9-3-10-23-48)79-73(82-76)49-24-11-4-12-25-49)38-39-64-71(70)59-43-51(47-20-7-2-8-21-47)33-37-62(59)86(64)77-83-74(52-34-40-67-56(44-52)54-26-13-15-29-65(54)87-67)80-75(84-77)53-35-41-68-57(45-53)55-27-14-16-30-66(55)88-68/h1-45H. The third-order valence-corrected chi connectivity index (χ3v) is 16.9. The fraction of sp³-hybridized carbons (Fsp3) is 0. The fourth-order valence-electron chi connectivity index (χ4n) is 12.8. The Morgan fingerprint density at radius 1 is 0.227 bits per heavy atom. The average Bonchev–Trinajstić information content (AvgIpc) is 1.75. The van der Waals surface area contributed by atoms with Gasteiger partial charge in [0.25, 0.3) is 0 Å². The molecule has 0 aliphatic heterocycles. The summed E-state index contributed by atoms with van der Waals surface area (Å²) in [6.07, 6.45) is 0. The Balaban J connectivity index is 0.911. The smallest absolute Gasteiger partial charge is 0.238 e. The largest absolute Gasteiger partial charge is 0.456 e. The maximum atomic E-state index is 6.34. The van der Waals surface area contributed by atoms with E-state index >= 15 is 0 Å². The van der Waals surface area contributed by atoms with E-state index in [2.05, 4.69) is 149 Å². The predicted molar refractivity (Wildman–Crippen MR) is 352 cm³/mol. The van der Waals surface area contributed by atoms with Crippen LogP contribution in [0.25, 0.3) is 179 Å². The molecule has 410 valence electrons. The van der Waals surface area contributed by atoms with Gasteiger partial charge in [-0.2, -0.15) is 9.97 Å². The molecule has 0 amide bonds. The maximum absolute atomic E-state index is 6.34. The summed E-state index contributed by atoms with van der Waals surface area (Å²) in [4.78, 5) is 37.1. The minimum absolute atomic E-state index is 0.464. The first-order valence-electron chi connectivity index (χ1n) is 29.2. The van der Waals surface area contributed by atoms with Crippen molar-refractivity contribution in [2.75, 3.05) is 0 Å². The van der Waals surface area contributed by atoms with Gasteiger partial charge in [0.05, 0.1) is 22.1 Å². The zero-order valence-electron chi connectivity index (χ0n) is 46.8. The van der Waals surface area contributed by atoms with Crippen molar-refractivity contribution in [2.24, 2.45) is 0 Å². The lowest BCUT2D eigenvalue weighted by atomic mass is 9.99. The molecular weight excluding hydrogens is 1080 g/mol. The van der Waals surface area contributed by atoms with Gasteiger partial charge >= 0.3 is 0 Å². The van der Waals surface area contributed by atoms with Crippen molar-refractivity contribution in [1.29, 1.82) is 0 Å². The van der Waals surface area contributed by atoms with E-state index in [-0.39, 0.29) is 0 Å². The number of pyridine rings is 1. The van der Waals surface area contributed by atoms with E-state index in [9.17, 15) is 0 Å². The van der Waals surface area contributed by atoms with Crippen LogP contribution in [0, 0.1) is 0 Å². The van der Waals surface area contributed by atoms with Gasteiger partial charge in [-0.3, -0.25) is 9.13 Å². The summed E-state index contributed by atoms with van der Waals surface area (Å²) in [5.41, 5.74) is 15.4. The SMILES string of the molecule is c1ccc(-c2ccc3c(c2)c2c4c5cc(-c6ccccc6)ccc5n(-c5nc(-c6ccc7oc8ccccc8c7c6)nc(-c6ccc7oc8ccccc8c7c6)n5)c4ccc2n3-c2cccc(-c3nc(-c4ccccc4)nc(-c4ccccc4)n3)n2)cc1. The molecule has 18 rings (SSSR count). The number of hydrogen-bond acceptors (Lipinski definition) is 9. The molecular formula is C77H45N9O2. The Kier molecular flexibility index (Phi) is 11.0. The monoisotopic (exact) mass is 1130 g/mol. The Morgan fingerprint density at radius 3 is 1.12 bits per heavy atom. The van der Waals surface area contributed by atoms with Crippen LogP contribution in [-0.2, 0) is 0 Å². The molecule has 0 spiro atoms. The van der Waals surface area contributed by atoms with Crippen molar-refractivity contribution in [3.05, 3.63) is 273 Å². The number of furan rings is 2. The van der Waals surface area contributed by atoms with Crippen molar-refractivity contribution < 1.29 is 8.83 Å². The van der Waals surface area contributed by atoms with E-state index < -0.39 is 0 Å². The van der Waals surface area contributed by atoms with Gasteiger partial charge in [0, 0.05) is 65.3 Å². The molecule has 0 radical (unpaired) electrons. The predicted octanol–water partition coefficient (Wildman–Crippen LogP) is 19.1. The Morgan fingerprint density at radius 2 is 0.614 bits per heavy atom. The van der Waals surface area contributed by atoms with Gasteiger partial charge < -0.3 is 8.83 Å². The van der Waals surface area contributed by atoms with Gasteiger partial charge in [-0.05, 0) is 119 Å². The normalized spacial score (nSPS) is 11.9. The first-order chi connectivity index (χ1) is 43.6. The first-order valence-corrected chi connectivity index (χ1v) is 29.2. The topological polar surface area (TPSA) is 126 Å². The van der Waals surface area contributed by atoms with E-state index in [4.69, 9.17) is 43.7 Å². The Hall–Kier alpha value is -12.2. The molecule has 0 bridgehead atoms. The third-order valence-electron chi connectivity index (χ3n) is 16.9. The fourth-order valence-corrected chi connectivity index (χ4v) is 12.8. The summed E-state index contributed by atoms with van der Waals surface area (Å²) >= 11 is 0. The first kappa shape index (κ1) is 49.2. The third kappa shape index (κ3) is 8.02. The zero-order chi connectivity index (χ0) is 57.8. The summed E-state index contributed by atoms with van der Waals surface area (Å²) in [5, 5.41) is 8.15. The van der Waals surface area contributed by atoms with Crippen LogP contribution >= 0.6 is 0 Å². The van der Waals surface area contributed by atoms with Gasteiger partial charge in [0.2, 0.25) is 5.95 Å². The van der Waals surface area contributed by atoms with Gasteiger partial charge in [0.1, 0.15) is 33.8 Å². The van der Waals surface area contributed by atoms with Crippen molar-refractivity contribution >= 4 is 87.5 Å². The molecule has 0 N–H and O–H groups in total. The molecule has 11 nitrogen and oxygen atoms in total. The van der Waals surface area contributed by atoms with E-state index in [1.54, 1.807) is 0 Å². The summed E-state index contributed by atoms with van der Waals surface area (Å²) in [5.74, 6) is 3.79. The number of benzene rings is 11. The number of para-hydroxylation sites is 2. The molecule has 11 aromatic carbocycles. The molecule has 0 aliphatic rings. The number of hydrogen-bond donors (Lipinski definition) is 0. The molecule has 0 aliphatic carbocycles. The van der Waals surface area contributed by atoms with E-state index in [1.807, 2.05) is 133 Å². The van der Waals surface area contributed by atoms with Crippen LogP contribution in [0.1, 0.15) is 0 Å². The molecule has 0 unspecified atom stereocenters. The second-order valence-electron chi connectivity index (χ2n) is 22.0. The summed E-state index contributed by atoms with van der Waals surface area (Å²) in [6.45, 7) is 0. The molecule has 0 fully saturated rings. The minimum atomic E-state index is 0.464. The van der Waals surface area contributed by atoms with Crippen molar-refractivity contribution in [1.82, 2.24) is 44.0 Å². The van der Waals surface area contributed by atoms with Crippen molar-refractivity contribution in [2.45, 2.75) is 0 Å². The van der Waals surface area contributed by atoms with Crippen LogP contribution in [0.5, 0.6) is 0 Å². The van der Waals surface area contributed by atoms with E-state index in [0.29, 0.717) is 46.6 Å². The summed E-state index contributed by atoms with van der Waals surface area (Å²) in [6, 6.07) is 93.7. The molecule has 0 atom stereocenters. The molecule has 0 saturated carbocycles. The van der Waals surface area contributed by atoms with Gasteiger partial charge in [-0.1, -0.05) is 176 Å². The molecule has 88 heavy (non-hydrogen) atoms. The molecule has 7 heterocycles. The highest BCUT2D eigenvalue weighted by atomic mass is 16.3. The molecule has 7 aromatic heterocycles. The van der Waals surface area contributed by atoms with Crippen LogP contribution in [0.4, 0.5) is 0 Å². The number of rotatable bonds is 9. The molecule has 0 saturated heterocycles. The lowest BCUT2D eigenvalue weighted by molar-refractivity contribution is 0.668. The lowest BCUT2D eigenvalue weighted by Crippen LogP contribution is -2.06. The van der Waals surface area contributed by atoms with E-state index in [1.165, 1.54) is 0 Å². The summed E-state index contributed by atoms with van der Waals surface area (Å²) < 4.78 is 17.2. The van der Waals surface area contributed by atoms with Gasteiger partial charge in [0.15, 0.2) is 29.1 Å². The van der Waals surface area contributed by atoms with Gasteiger partial charge in [-0.25, -0.2) is 24.9 Å². The van der Waals surface area contributed by atoms with Crippen LogP contribution in [0.3, 0.4) is 0 Å². The van der Waals surface area contributed by atoms with Crippen molar-refractivity contribution in [3.8, 4) is 91.1 Å². The average molecular weight is 1130 g/mol. The van der Waals surface area contributed by atoms with Gasteiger partial charge in [-0.15, -0.1) is 0 Å². The lowest BCUT2D eigenvalue weighted by Gasteiger charge is -2.12. The number of fused-ring (bicyclic) bond motifs is 13. The second kappa shape index (κ2) is 19.7. The maximum Gasteiger partial charge on any atom is 0.238 e. The Labute approximate surface area is 501 Å². The molecule has 18 aromatic rings. The Bertz CT molecular complexity index is 5630. The highest BCUT2D eigenvalue weighted by Crippen LogP contribution is 2.45. The van der Waals surface area contributed by atoms with Crippen LogP contribution in [0.2, 0.25) is 0 Å². The number of nitrogens with zero attached hydrogens (tertiary/aromatic N) is 9. The minimum Gasteiger partial charge on any atom is -0.456 e. The van der Waals surface area contributed by atoms with Crippen molar-refractivity contribution in [3.63, 3.8) is 0 Å². The second-order valence-corrected chi connectivity index (χ2v) is 22.0.